The molecule has 0 radical (unpaired) electrons. The molecule has 0 spiro atoms. The molecule has 0 saturated heterocycles. The first-order valence-electron chi connectivity index (χ1n) is 8.84. The first kappa shape index (κ1) is 20.9. The maximum atomic E-state index is 13.6. The first-order chi connectivity index (χ1) is 13.8. The molecule has 156 valence electrons. The standard InChI is InChI=1S/C19H21FN2O6S/c1-3-22(29(24,25)18-9-14(20)5-7-16(18)26-2)11-19(23)21-10-13-4-6-15-17(8-13)28-12-27-15/h4-9H,3,10-12H2,1-2H3,(H,21,23). The third-order valence-electron chi connectivity index (χ3n) is 4.34. The van der Waals surface area contributed by atoms with E-state index in [4.69, 9.17) is 14.2 Å². The van der Waals surface area contributed by atoms with Gasteiger partial charge in [0.25, 0.3) is 0 Å². The van der Waals surface area contributed by atoms with Gasteiger partial charge >= 0.3 is 0 Å². The van der Waals surface area contributed by atoms with E-state index >= 15 is 0 Å². The van der Waals surface area contributed by atoms with Gasteiger partial charge in [0.2, 0.25) is 22.7 Å². The average Bonchev–Trinajstić information content (AvgIpc) is 3.18. The molecule has 0 aromatic heterocycles. The van der Waals surface area contributed by atoms with E-state index in [0.717, 1.165) is 22.0 Å². The minimum atomic E-state index is -4.13. The van der Waals surface area contributed by atoms with Crippen molar-refractivity contribution < 1.29 is 31.8 Å². The van der Waals surface area contributed by atoms with Crippen molar-refractivity contribution in [2.75, 3.05) is 27.0 Å². The SMILES string of the molecule is CCN(CC(=O)NCc1ccc2c(c1)OCO2)S(=O)(=O)c1cc(F)ccc1OC. The summed E-state index contributed by atoms with van der Waals surface area (Å²) in [7, 11) is -2.84. The van der Waals surface area contributed by atoms with E-state index in [2.05, 4.69) is 5.32 Å². The summed E-state index contributed by atoms with van der Waals surface area (Å²) in [6.45, 7) is 1.55. The van der Waals surface area contributed by atoms with Crippen LogP contribution in [-0.4, -0.2) is 45.6 Å². The number of benzene rings is 2. The highest BCUT2D eigenvalue weighted by atomic mass is 32.2. The van der Waals surface area contributed by atoms with Gasteiger partial charge in [-0.2, -0.15) is 4.31 Å². The van der Waals surface area contributed by atoms with Crippen molar-refractivity contribution in [3.63, 3.8) is 0 Å². The van der Waals surface area contributed by atoms with Gasteiger partial charge in [0.1, 0.15) is 16.5 Å². The fraction of sp³-hybridized carbons (Fsp3) is 0.316. The van der Waals surface area contributed by atoms with Gasteiger partial charge in [-0.05, 0) is 35.9 Å². The van der Waals surface area contributed by atoms with E-state index in [9.17, 15) is 17.6 Å². The molecule has 0 saturated carbocycles. The number of sulfonamides is 1. The Morgan fingerprint density at radius 1 is 1.21 bits per heavy atom. The lowest BCUT2D eigenvalue weighted by Crippen LogP contribution is -2.40. The highest BCUT2D eigenvalue weighted by Gasteiger charge is 2.29. The summed E-state index contributed by atoms with van der Waals surface area (Å²) in [6, 6.07) is 8.47. The van der Waals surface area contributed by atoms with E-state index in [1.807, 2.05) is 0 Å². The van der Waals surface area contributed by atoms with E-state index in [1.165, 1.54) is 13.2 Å². The van der Waals surface area contributed by atoms with Crippen molar-refractivity contribution in [2.45, 2.75) is 18.4 Å². The van der Waals surface area contributed by atoms with Crippen LogP contribution in [0, 0.1) is 5.82 Å². The molecule has 1 heterocycles. The molecule has 10 heteroatoms. The van der Waals surface area contributed by atoms with Gasteiger partial charge in [-0.3, -0.25) is 4.79 Å². The topological polar surface area (TPSA) is 94.2 Å². The van der Waals surface area contributed by atoms with E-state index in [-0.39, 0.29) is 30.5 Å². The van der Waals surface area contributed by atoms with Gasteiger partial charge in [-0.25, -0.2) is 12.8 Å². The first-order valence-corrected chi connectivity index (χ1v) is 10.3. The molecule has 2 aromatic rings. The average molecular weight is 424 g/mol. The summed E-state index contributed by atoms with van der Waals surface area (Å²) in [4.78, 5) is 12.0. The Balaban J connectivity index is 1.68. The molecular weight excluding hydrogens is 403 g/mol. The minimum Gasteiger partial charge on any atom is -0.495 e. The number of carbonyl (C=O) groups is 1. The number of amides is 1. The molecule has 0 bridgehead atoms. The second kappa shape index (κ2) is 8.66. The smallest absolute Gasteiger partial charge is 0.247 e. The molecule has 1 aliphatic rings. The summed E-state index contributed by atoms with van der Waals surface area (Å²) in [5.41, 5.74) is 0.778. The van der Waals surface area contributed by atoms with Crippen LogP contribution in [0.15, 0.2) is 41.3 Å². The lowest BCUT2D eigenvalue weighted by molar-refractivity contribution is -0.121. The molecule has 0 fully saturated rings. The fourth-order valence-electron chi connectivity index (χ4n) is 2.83. The zero-order chi connectivity index (χ0) is 21.0. The summed E-state index contributed by atoms with van der Waals surface area (Å²) in [5.74, 6) is 0.0156. The van der Waals surface area contributed by atoms with Crippen LogP contribution in [0.3, 0.4) is 0 Å². The van der Waals surface area contributed by atoms with Crippen LogP contribution in [-0.2, 0) is 21.4 Å². The Labute approximate surface area is 168 Å². The van der Waals surface area contributed by atoms with E-state index in [1.54, 1.807) is 25.1 Å². The number of hydrogen-bond donors (Lipinski definition) is 1. The number of rotatable bonds is 8. The van der Waals surface area contributed by atoms with Crippen LogP contribution in [0.4, 0.5) is 4.39 Å². The number of methoxy groups -OCH3 is 1. The number of fused-ring (bicyclic) bond motifs is 1. The van der Waals surface area contributed by atoms with Gasteiger partial charge in [-0.1, -0.05) is 13.0 Å². The van der Waals surface area contributed by atoms with Gasteiger partial charge in [-0.15, -0.1) is 0 Å². The number of nitrogens with zero attached hydrogens (tertiary/aromatic N) is 1. The van der Waals surface area contributed by atoms with Gasteiger partial charge in [0.15, 0.2) is 11.5 Å². The third-order valence-corrected chi connectivity index (χ3v) is 6.28. The second-order valence-electron chi connectivity index (χ2n) is 6.19. The van der Waals surface area contributed by atoms with Crippen LogP contribution in [0.2, 0.25) is 0 Å². The highest BCUT2D eigenvalue weighted by Crippen LogP contribution is 2.32. The molecule has 3 rings (SSSR count). The lowest BCUT2D eigenvalue weighted by Gasteiger charge is -2.21. The number of halogens is 1. The number of hydrogen-bond acceptors (Lipinski definition) is 6. The largest absolute Gasteiger partial charge is 0.495 e. The summed E-state index contributed by atoms with van der Waals surface area (Å²) in [5, 5.41) is 2.67. The van der Waals surface area contributed by atoms with Gasteiger partial charge in [0, 0.05) is 13.1 Å². The van der Waals surface area contributed by atoms with Crippen molar-refractivity contribution in [1.82, 2.24) is 9.62 Å². The van der Waals surface area contributed by atoms with Crippen molar-refractivity contribution in [1.29, 1.82) is 0 Å². The lowest BCUT2D eigenvalue weighted by atomic mass is 10.2. The van der Waals surface area contributed by atoms with Crippen LogP contribution in [0.1, 0.15) is 12.5 Å². The van der Waals surface area contributed by atoms with Crippen LogP contribution in [0.25, 0.3) is 0 Å². The Morgan fingerprint density at radius 2 is 1.97 bits per heavy atom. The van der Waals surface area contributed by atoms with Crippen LogP contribution >= 0.6 is 0 Å². The Hall–Kier alpha value is -2.85. The summed E-state index contributed by atoms with van der Waals surface area (Å²) in [6.07, 6.45) is 0. The van der Waals surface area contributed by atoms with Gasteiger partial charge < -0.3 is 19.5 Å². The predicted octanol–water partition coefficient (Wildman–Crippen LogP) is 1.89. The molecule has 8 nitrogen and oxygen atoms in total. The number of carbonyl (C=O) groups excluding carboxylic acids is 1. The molecule has 2 aromatic carbocycles. The Morgan fingerprint density at radius 3 is 2.69 bits per heavy atom. The maximum Gasteiger partial charge on any atom is 0.247 e. The van der Waals surface area contributed by atoms with E-state index < -0.39 is 28.3 Å². The van der Waals surface area contributed by atoms with Crippen molar-refractivity contribution in [2.24, 2.45) is 0 Å². The fourth-order valence-corrected chi connectivity index (χ4v) is 4.40. The molecule has 1 aliphatic heterocycles. The summed E-state index contributed by atoms with van der Waals surface area (Å²) < 4.78 is 55.9. The summed E-state index contributed by atoms with van der Waals surface area (Å²) >= 11 is 0. The predicted molar refractivity (Wildman–Crippen MR) is 102 cm³/mol. The monoisotopic (exact) mass is 424 g/mol. The molecule has 0 atom stereocenters. The molecule has 29 heavy (non-hydrogen) atoms. The van der Waals surface area contributed by atoms with Gasteiger partial charge in [0.05, 0.1) is 13.7 Å². The van der Waals surface area contributed by atoms with Crippen LogP contribution in [0.5, 0.6) is 17.2 Å². The zero-order valence-electron chi connectivity index (χ0n) is 16.0. The van der Waals surface area contributed by atoms with Crippen LogP contribution < -0.4 is 19.5 Å². The maximum absolute atomic E-state index is 13.6. The zero-order valence-corrected chi connectivity index (χ0v) is 16.8. The highest BCUT2D eigenvalue weighted by molar-refractivity contribution is 7.89. The van der Waals surface area contributed by atoms with E-state index in [0.29, 0.717) is 11.5 Å². The molecule has 0 unspecified atom stereocenters. The molecular formula is C19H21FN2O6S. The Kier molecular flexibility index (Phi) is 6.23. The van der Waals surface area contributed by atoms with Crippen molar-refractivity contribution in [3.05, 3.63) is 47.8 Å². The molecule has 1 N–H and O–H groups in total. The Bertz CT molecular complexity index is 1010. The second-order valence-corrected chi connectivity index (χ2v) is 8.10. The van der Waals surface area contributed by atoms with Crippen molar-refractivity contribution in [3.8, 4) is 17.2 Å². The molecule has 1 amide bonds. The normalized spacial score (nSPS) is 12.8. The molecule has 0 aliphatic carbocycles. The number of likely N-dealkylation sites (N-methyl/N-ethyl adjacent to an activating group) is 1. The minimum absolute atomic E-state index is 0.00520. The van der Waals surface area contributed by atoms with Crippen molar-refractivity contribution >= 4 is 15.9 Å². The quantitative estimate of drug-likeness (QED) is 0.696. The number of nitrogens with one attached hydrogen (secondary N) is 1. The third kappa shape index (κ3) is 4.60. The number of ether oxygens (including phenoxy) is 3.